The zero-order chi connectivity index (χ0) is 6.20. The monoisotopic (exact) mass is 166 g/mol. The summed E-state index contributed by atoms with van der Waals surface area (Å²) < 4.78 is 0. The van der Waals surface area contributed by atoms with Crippen molar-refractivity contribution in [3.63, 3.8) is 0 Å². The average Bonchev–Trinajstić information content (AvgIpc) is 1.82. The van der Waals surface area contributed by atoms with Gasteiger partial charge >= 0.3 is 0 Å². The smallest absolute Gasteiger partial charge is 0.0615 e. The summed E-state index contributed by atoms with van der Waals surface area (Å²) in [5.74, 6) is 1.04. The molecule has 0 amide bonds. The van der Waals surface area contributed by atoms with Gasteiger partial charge in [0.2, 0.25) is 0 Å². The van der Waals surface area contributed by atoms with Crippen molar-refractivity contribution in [2.45, 2.75) is 13.3 Å². The molecule has 0 saturated carbocycles. The van der Waals surface area contributed by atoms with Crippen LogP contribution < -0.4 is 12.4 Å². The molecule has 2 heteroatoms. The van der Waals surface area contributed by atoms with Gasteiger partial charge in [0.1, 0.15) is 0 Å². The molecule has 0 aliphatic carbocycles. The van der Waals surface area contributed by atoms with Crippen LogP contribution in [-0.4, -0.2) is 25.7 Å². The highest BCUT2D eigenvalue weighted by Gasteiger charge is 2.34. The molecule has 0 radical (unpaired) electrons. The van der Waals surface area contributed by atoms with Crippen LogP contribution in [-0.2, 0) is 0 Å². The Hall–Kier alpha value is 0.720. The summed E-state index contributed by atoms with van der Waals surface area (Å²) in [5.41, 5.74) is 0. The lowest BCUT2D eigenvalue weighted by Gasteiger charge is -2.07. The molecule has 0 spiro atoms. The van der Waals surface area contributed by atoms with Crippen molar-refractivity contribution in [1.29, 1.82) is 0 Å². The van der Waals surface area contributed by atoms with Gasteiger partial charge in [-0.05, 0) is 12.3 Å². The Morgan fingerprint density at radius 3 is 2.00 bits per heavy atom. The summed E-state index contributed by atoms with van der Waals surface area (Å²) in [6.07, 6.45) is 4.60. The fourth-order valence-corrected chi connectivity index (χ4v) is 4.79. The minimum absolute atomic E-state index is 0. The van der Waals surface area contributed by atoms with E-state index in [0.717, 1.165) is 5.92 Å². The van der Waals surface area contributed by atoms with Gasteiger partial charge in [0.05, 0.1) is 12.3 Å². The zero-order valence-corrected chi connectivity index (χ0v) is 8.17. The van der Waals surface area contributed by atoms with E-state index in [1.807, 2.05) is 0 Å². The van der Waals surface area contributed by atoms with Crippen molar-refractivity contribution in [3.05, 3.63) is 0 Å². The third kappa shape index (κ3) is 2.87. The SMILES string of the molecule is CC1CC[P+](C)(C)C1.[Cl-]. The predicted octanol–water partition coefficient (Wildman–Crippen LogP) is -0.693. The van der Waals surface area contributed by atoms with Crippen LogP contribution in [0.15, 0.2) is 0 Å². The van der Waals surface area contributed by atoms with E-state index >= 15 is 0 Å². The second kappa shape index (κ2) is 3.21. The fraction of sp³-hybridized carbons (Fsp3) is 1.00. The van der Waals surface area contributed by atoms with Gasteiger partial charge < -0.3 is 12.4 Å². The zero-order valence-electron chi connectivity index (χ0n) is 6.52. The van der Waals surface area contributed by atoms with Crippen molar-refractivity contribution >= 4 is 7.26 Å². The maximum absolute atomic E-state index is 2.48. The molecule has 0 aromatic heterocycles. The molecular formula is C7H16ClP. The molecule has 1 rings (SSSR count). The van der Waals surface area contributed by atoms with Crippen molar-refractivity contribution in [2.75, 3.05) is 25.7 Å². The second-order valence-corrected chi connectivity index (χ2v) is 8.42. The molecule has 1 saturated heterocycles. The lowest BCUT2D eigenvalue weighted by Crippen LogP contribution is -3.00. The Morgan fingerprint density at radius 2 is 1.89 bits per heavy atom. The molecule has 1 fully saturated rings. The average molecular weight is 167 g/mol. The van der Waals surface area contributed by atoms with E-state index in [2.05, 4.69) is 20.3 Å². The van der Waals surface area contributed by atoms with E-state index in [9.17, 15) is 0 Å². The third-order valence-electron chi connectivity index (χ3n) is 2.03. The van der Waals surface area contributed by atoms with E-state index in [1.165, 1.54) is 6.42 Å². The van der Waals surface area contributed by atoms with Crippen molar-refractivity contribution in [3.8, 4) is 0 Å². The van der Waals surface area contributed by atoms with Crippen LogP contribution in [0.4, 0.5) is 0 Å². The van der Waals surface area contributed by atoms with Crippen molar-refractivity contribution in [1.82, 2.24) is 0 Å². The Kier molecular flexibility index (Phi) is 3.47. The van der Waals surface area contributed by atoms with Crippen LogP contribution in [0.5, 0.6) is 0 Å². The molecule has 9 heavy (non-hydrogen) atoms. The van der Waals surface area contributed by atoms with Gasteiger partial charge in [0.25, 0.3) is 0 Å². The van der Waals surface area contributed by atoms with Crippen LogP contribution >= 0.6 is 7.26 Å². The van der Waals surface area contributed by atoms with Gasteiger partial charge in [-0.15, -0.1) is 0 Å². The molecule has 1 unspecified atom stereocenters. The van der Waals surface area contributed by atoms with Gasteiger partial charge in [-0.25, -0.2) is 0 Å². The Balaban J connectivity index is 0.000000640. The molecule has 1 atom stereocenters. The predicted molar refractivity (Wildman–Crippen MR) is 42.3 cm³/mol. The first kappa shape index (κ1) is 9.72. The van der Waals surface area contributed by atoms with E-state index in [1.54, 1.807) is 12.3 Å². The fourth-order valence-electron chi connectivity index (χ4n) is 1.60. The molecule has 0 aromatic carbocycles. The van der Waals surface area contributed by atoms with Crippen molar-refractivity contribution in [2.24, 2.45) is 5.92 Å². The number of halogens is 1. The highest BCUT2D eigenvalue weighted by atomic mass is 35.5. The third-order valence-corrected chi connectivity index (χ3v) is 5.11. The highest BCUT2D eigenvalue weighted by molar-refractivity contribution is 7.74. The van der Waals surface area contributed by atoms with E-state index in [4.69, 9.17) is 0 Å². The van der Waals surface area contributed by atoms with Gasteiger partial charge in [0, 0.05) is 20.6 Å². The first-order chi connectivity index (χ1) is 3.60. The summed E-state index contributed by atoms with van der Waals surface area (Å²) in [6.45, 7) is 7.35. The molecule has 1 heterocycles. The van der Waals surface area contributed by atoms with Crippen LogP contribution in [0, 0.1) is 5.92 Å². The van der Waals surface area contributed by atoms with E-state index in [-0.39, 0.29) is 19.7 Å². The summed E-state index contributed by atoms with van der Waals surface area (Å²) in [4.78, 5) is 0. The Morgan fingerprint density at radius 1 is 1.33 bits per heavy atom. The number of rotatable bonds is 0. The lowest BCUT2D eigenvalue weighted by molar-refractivity contribution is -0.00000206. The minimum Gasteiger partial charge on any atom is -1.00 e. The second-order valence-electron chi connectivity index (χ2n) is 3.74. The molecule has 1 aliphatic rings. The van der Waals surface area contributed by atoms with Gasteiger partial charge in [-0.1, -0.05) is 6.92 Å². The summed E-state index contributed by atoms with van der Waals surface area (Å²) in [5, 5.41) is 0. The van der Waals surface area contributed by atoms with Crippen LogP contribution in [0.1, 0.15) is 13.3 Å². The normalized spacial score (nSPS) is 31.7. The Bertz CT molecular complexity index is 90.9. The maximum atomic E-state index is 2.48. The summed E-state index contributed by atoms with van der Waals surface area (Å²) in [7, 11) is -0.349. The topological polar surface area (TPSA) is 0 Å². The lowest BCUT2D eigenvalue weighted by atomic mass is 10.2. The van der Waals surface area contributed by atoms with E-state index in [0.29, 0.717) is 0 Å². The van der Waals surface area contributed by atoms with Crippen LogP contribution in [0.25, 0.3) is 0 Å². The molecular weight excluding hydrogens is 151 g/mol. The van der Waals surface area contributed by atoms with Gasteiger partial charge in [-0.2, -0.15) is 0 Å². The van der Waals surface area contributed by atoms with Gasteiger partial charge in [0.15, 0.2) is 0 Å². The van der Waals surface area contributed by atoms with Crippen LogP contribution in [0.2, 0.25) is 0 Å². The molecule has 0 nitrogen and oxygen atoms in total. The maximum Gasteiger partial charge on any atom is 0.0615 e. The first-order valence-corrected chi connectivity index (χ1v) is 6.47. The molecule has 0 aromatic rings. The summed E-state index contributed by atoms with van der Waals surface area (Å²) in [6, 6.07) is 0. The quantitative estimate of drug-likeness (QED) is 0.418. The molecule has 56 valence electrons. The molecule has 0 N–H and O–H groups in total. The standard InChI is InChI=1S/C7H16P.ClH/c1-7-4-5-8(2,3)6-7;/h7H,4-6H2,1-3H3;1H/q+1;/p-1. The van der Waals surface area contributed by atoms with Crippen LogP contribution in [0.3, 0.4) is 0 Å². The number of hydrogen-bond acceptors (Lipinski definition) is 0. The Labute approximate surface area is 65.2 Å². The summed E-state index contributed by atoms with van der Waals surface area (Å²) >= 11 is 0. The first-order valence-electron chi connectivity index (χ1n) is 3.42. The largest absolute Gasteiger partial charge is 1.00 e. The van der Waals surface area contributed by atoms with Gasteiger partial charge in [-0.3, -0.25) is 0 Å². The van der Waals surface area contributed by atoms with Crippen molar-refractivity contribution < 1.29 is 12.4 Å². The molecule has 1 aliphatic heterocycles. The minimum atomic E-state index is -0.349. The number of hydrogen-bond donors (Lipinski definition) is 0. The molecule has 0 bridgehead atoms. The highest BCUT2D eigenvalue weighted by Crippen LogP contribution is 2.58. The van der Waals surface area contributed by atoms with E-state index < -0.39 is 0 Å².